The van der Waals surface area contributed by atoms with E-state index in [1.54, 1.807) is 7.11 Å². The summed E-state index contributed by atoms with van der Waals surface area (Å²) in [7, 11) is 5.79. The van der Waals surface area contributed by atoms with Gasteiger partial charge in [-0.15, -0.1) is 0 Å². The Morgan fingerprint density at radius 2 is 1.93 bits per heavy atom. The smallest absolute Gasteiger partial charge is 0.151 e. The standard InChI is InChI=1S/C32H39N7O2/c1-37(2)21-25(33)16-23-17-30-32(34-19-22-7-10-26(40-3)11-8-22)36-27-18-24(9-12-29(27)38(30)20-23)28-13-14-35-39(28)31-6-4-5-15-41-31/h7-14,17-18,20,25,31H,4-6,15-16,19,21,33H2,1-3H3,(H,34,36). The molecule has 3 aromatic heterocycles. The van der Waals surface area contributed by atoms with E-state index in [2.05, 4.69) is 82.5 Å². The van der Waals surface area contributed by atoms with Crippen LogP contribution in [-0.4, -0.2) is 64.5 Å². The molecule has 0 saturated carbocycles. The third-order valence-electron chi connectivity index (χ3n) is 7.70. The summed E-state index contributed by atoms with van der Waals surface area (Å²) in [5.74, 6) is 1.68. The summed E-state index contributed by atoms with van der Waals surface area (Å²) < 4.78 is 15.6. The first-order chi connectivity index (χ1) is 20.0. The van der Waals surface area contributed by atoms with Crippen molar-refractivity contribution in [2.24, 2.45) is 5.73 Å². The lowest BCUT2D eigenvalue weighted by molar-refractivity contribution is -0.0383. The summed E-state index contributed by atoms with van der Waals surface area (Å²) in [6.07, 6.45) is 8.05. The fourth-order valence-electron chi connectivity index (χ4n) is 5.75. The van der Waals surface area contributed by atoms with E-state index in [1.807, 2.05) is 23.0 Å². The average Bonchev–Trinajstić information content (AvgIpc) is 3.64. The summed E-state index contributed by atoms with van der Waals surface area (Å²) in [6, 6.07) is 18.9. The predicted octanol–water partition coefficient (Wildman–Crippen LogP) is 5.10. The summed E-state index contributed by atoms with van der Waals surface area (Å²) >= 11 is 0. The second-order valence-electron chi connectivity index (χ2n) is 11.2. The number of hydrogen-bond donors (Lipinski definition) is 2. The normalized spacial score (nSPS) is 16.5. The number of aromatic nitrogens is 4. The van der Waals surface area contributed by atoms with Crippen LogP contribution in [0.2, 0.25) is 0 Å². The van der Waals surface area contributed by atoms with Crippen LogP contribution in [0, 0.1) is 0 Å². The van der Waals surface area contributed by atoms with Crippen LogP contribution in [0.4, 0.5) is 5.82 Å². The minimum Gasteiger partial charge on any atom is -0.497 e. The zero-order valence-electron chi connectivity index (χ0n) is 24.1. The van der Waals surface area contributed by atoms with E-state index >= 15 is 0 Å². The van der Waals surface area contributed by atoms with Crippen LogP contribution >= 0.6 is 0 Å². The quantitative estimate of drug-likeness (QED) is 0.248. The molecule has 9 heteroatoms. The molecule has 1 fully saturated rings. The number of ether oxygens (including phenoxy) is 2. The van der Waals surface area contributed by atoms with Crippen LogP contribution in [0.5, 0.6) is 5.75 Å². The lowest BCUT2D eigenvalue weighted by Gasteiger charge is -2.24. The Kier molecular flexibility index (Phi) is 7.91. The van der Waals surface area contributed by atoms with Gasteiger partial charge in [-0.3, -0.25) is 0 Å². The highest BCUT2D eigenvalue weighted by molar-refractivity contribution is 5.88. The van der Waals surface area contributed by atoms with E-state index in [1.165, 1.54) is 5.56 Å². The fraction of sp³-hybridized carbons (Fsp3) is 0.375. The number of methoxy groups -OCH3 is 1. The summed E-state index contributed by atoms with van der Waals surface area (Å²) in [5, 5.41) is 8.22. The van der Waals surface area contributed by atoms with E-state index in [4.69, 9.17) is 20.2 Å². The third kappa shape index (κ3) is 5.93. The molecule has 1 saturated heterocycles. The number of nitrogens with one attached hydrogen (secondary N) is 1. The van der Waals surface area contributed by atoms with Crippen LogP contribution in [0.1, 0.15) is 36.6 Å². The van der Waals surface area contributed by atoms with E-state index in [0.29, 0.717) is 6.54 Å². The maximum atomic E-state index is 6.48. The molecule has 2 atom stereocenters. The zero-order chi connectivity index (χ0) is 28.3. The number of benzene rings is 2. The number of rotatable bonds is 10. The van der Waals surface area contributed by atoms with Crippen molar-refractivity contribution in [3.8, 4) is 17.0 Å². The van der Waals surface area contributed by atoms with Crippen molar-refractivity contribution in [3.05, 3.63) is 78.1 Å². The predicted molar refractivity (Wildman–Crippen MR) is 163 cm³/mol. The van der Waals surface area contributed by atoms with Crippen LogP contribution in [0.15, 0.2) is 67.0 Å². The van der Waals surface area contributed by atoms with Gasteiger partial charge in [-0.05, 0) is 87.3 Å². The maximum absolute atomic E-state index is 6.48. The lowest BCUT2D eigenvalue weighted by Crippen LogP contribution is -2.34. The van der Waals surface area contributed by atoms with Crippen LogP contribution < -0.4 is 15.8 Å². The molecule has 0 spiro atoms. The molecular formula is C32H39N7O2. The van der Waals surface area contributed by atoms with E-state index in [0.717, 1.165) is 83.8 Å². The van der Waals surface area contributed by atoms with Gasteiger partial charge in [0.1, 0.15) is 5.75 Å². The van der Waals surface area contributed by atoms with Crippen molar-refractivity contribution in [2.45, 2.75) is 44.5 Å². The van der Waals surface area contributed by atoms with Crippen molar-refractivity contribution in [3.63, 3.8) is 0 Å². The van der Waals surface area contributed by atoms with Gasteiger partial charge in [0.2, 0.25) is 0 Å². The second-order valence-corrected chi connectivity index (χ2v) is 11.2. The van der Waals surface area contributed by atoms with Gasteiger partial charge in [-0.1, -0.05) is 18.2 Å². The maximum Gasteiger partial charge on any atom is 0.151 e. The van der Waals surface area contributed by atoms with Crippen molar-refractivity contribution in [1.29, 1.82) is 0 Å². The van der Waals surface area contributed by atoms with Crippen LogP contribution in [0.25, 0.3) is 27.8 Å². The van der Waals surface area contributed by atoms with E-state index < -0.39 is 0 Å². The minimum absolute atomic E-state index is 0.0278. The van der Waals surface area contributed by atoms with Gasteiger partial charge in [0.25, 0.3) is 0 Å². The highest BCUT2D eigenvalue weighted by Crippen LogP contribution is 2.32. The van der Waals surface area contributed by atoms with E-state index in [-0.39, 0.29) is 12.3 Å². The van der Waals surface area contributed by atoms with E-state index in [9.17, 15) is 0 Å². The van der Waals surface area contributed by atoms with Crippen LogP contribution in [0.3, 0.4) is 0 Å². The molecule has 6 rings (SSSR count). The average molecular weight is 554 g/mol. The number of nitrogens with two attached hydrogens (primary N) is 1. The first-order valence-corrected chi connectivity index (χ1v) is 14.4. The highest BCUT2D eigenvalue weighted by atomic mass is 16.5. The Morgan fingerprint density at radius 3 is 2.68 bits per heavy atom. The van der Waals surface area contributed by atoms with Gasteiger partial charge in [0, 0.05) is 43.7 Å². The number of hydrogen-bond acceptors (Lipinski definition) is 7. The molecule has 1 aliphatic rings. The SMILES string of the molecule is COc1ccc(CNc2nc3cc(-c4ccnn4C4CCCCO4)ccc3n3cc(CC(N)CN(C)C)cc23)cc1. The second kappa shape index (κ2) is 11.9. The molecule has 0 bridgehead atoms. The number of nitrogens with zero attached hydrogens (tertiary/aromatic N) is 5. The van der Waals surface area contributed by atoms with Crippen LogP contribution in [-0.2, 0) is 17.7 Å². The molecule has 0 radical (unpaired) electrons. The van der Waals surface area contributed by atoms with Crippen molar-refractivity contribution in [2.75, 3.05) is 39.7 Å². The molecule has 5 aromatic rings. The largest absolute Gasteiger partial charge is 0.497 e. The van der Waals surface area contributed by atoms with Gasteiger partial charge < -0.3 is 29.8 Å². The molecule has 214 valence electrons. The minimum atomic E-state index is -0.0278. The van der Waals surface area contributed by atoms with Crippen molar-refractivity contribution < 1.29 is 9.47 Å². The zero-order valence-corrected chi connectivity index (χ0v) is 24.1. The summed E-state index contributed by atoms with van der Waals surface area (Å²) in [5.41, 5.74) is 13.9. The van der Waals surface area contributed by atoms with Gasteiger partial charge in [-0.25, -0.2) is 9.67 Å². The summed E-state index contributed by atoms with van der Waals surface area (Å²) in [6.45, 7) is 2.25. The molecule has 1 aliphatic heterocycles. The molecule has 0 amide bonds. The first-order valence-electron chi connectivity index (χ1n) is 14.4. The van der Waals surface area contributed by atoms with Gasteiger partial charge in [0.15, 0.2) is 12.0 Å². The fourth-order valence-corrected chi connectivity index (χ4v) is 5.75. The molecular weight excluding hydrogens is 514 g/mol. The third-order valence-corrected chi connectivity index (χ3v) is 7.70. The van der Waals surface area contributed by atoms with Gasteiger partial charge >= 0.3 is 0 Å². The van der Waals surface area contributed by atoms with Crippen molar-refractivity contribution >= 4 is 22.4 Å². The Balaban J connectivity index is 1.38. The Morgan fingerprint density at radius 1 is 1.07 bits per heavy atom. The molecule has 9 nitrogen and oxygen atoms in total. The Hall–Kier alpha value is -3.92. The first kappa shape index (κ1) is 27.3. The number of likely N-dealkylation sites (N-methyl/N-ethyl adjacent to an activating group) is 1. The number of fused-ring (bicyclic) bond motifs is 3. The molecule has 4 heterocycles. The topological polar surface area (TPSA) is 94.9 Å². The molecule has 0 aliphatic carbocycles. The molecule has 41 heavy (non-hydrogen) atoms. The monoisotopic (exact) mass is 553 g/mol. The summed E-state index contributed by atoms with van der Waals surface area (Å²) in [4.78, 5) is 7.28. The van der Waals surface area contributed by atoms with Crippen molar-refractivity contribution in [1.82, 2.24) is 24.1 Å². The molecule has 2 unspecified atom stereocenters. The molecule has 3 N–H and O–H groups in total. The van der Waals surface area contributed by atoms with Gasteiger partial charge in [-0.2, -0.15) is 5.10 Å². The number of anilines is 1. The lowest BCUT2D eigenvalue weighted by atomic mass is 10.1. The van der Waals surface area contributed by atoms with Gasteiger partial charge in [0.05, 0.1) is 29.4 Å². The molecule has 2 aromatic carbocycles. The Labute approximate surface area is 240 Å². The Bertz CT molecular complexity index is 1620. The highest BCUT2D eigenvalue weighted by Gasteiger charge is 2.20.